The Bertz CT molecular complexity index is 288. The van der Waals surface area contributed by atoms with Gasteiger partial charge in [0.1, 0.15) is 5.54 Å². The summed E-state index contributed by atoms with van der Waals surface area (Å²) >= 11 is 0. The van der Waals surface area contributed by atoms with Crippen molar-refractivity contribution in [3.8, 4) is 0 Å². The third-order valence-corrected chi connectivity index (χ3v) is 3.49. The number of hydrogen-bond acceptors (Lipinski definition) is 2. The normalized spacial score (nSPS) is 36.6. The highest BCUT2D eigenvalue weighted by molar-refractivity contribution is 6.07. The Morgan fingerprint density at radius 2 is 2.14 bits per heavy atom. The first-order valence-corrected chi connectivity index (χ1v) is 5.20. The Morgan fingerprint density at radius 3 is 2.64 bits per heavy atom. The molecule has 2 atom stereocenters. The van der Waals surface area contributed by atoms with Gasteiger partial charge in [-0.1, -0.05) is 20.3 Å². The molecular weight excluding hydrogens is 180 g/mol. The summed E-state index contributed by atoms with van der Waals surface area (Å²) in [5.74, 6) is 0.592. The van der Waals surface area contributed by atoms with Crippen LogP contribution < -0.4 is 10.6 Å². The lowest BCUT2D eigenvalue weighted by Gasteiger charge is -2.30. The summed E-state index contributed by atoms with van der Waals surface area (Å²) in [6, 6.07) is -0.331. The number of rotatable bonds is 1. The van der Waals surface area contributed by atoms with Gasteiger partial charge < -0.3 is 5.32 Å². The number of carbonyl (C=O) groups is 2. The summed E-state index contributed by atoms with van der Waals surface area (Å²) in [4.78, 5) is 22.9. The summed E-state index contributed by atoms with van der Waals surface area (Å²) in [5.41, 5.74) is -0.592. The van der Waals surface area contributed by atoms with Crippen molar-refractivity contribution in [2.45, 2.75) is 38.6 Å². The molecule has 0 radical (unpaired) electrons. The molecule has 1 heterocycles. The van der Waals surface area contributed by atoms with Crippen LogP contribution in [0.2, 0.25) is 0 Å². The molecule has 1 saturated heterocycles. The molecule has 1 spiro atoms. The molecule has 4 heteroatoms. The van der Waals surface area contributed by atoms with Crippen molar-refractivity contribution < 1.29 is 9.59 Å². The van der Waals surface area contributed by atoms with Crippen LogP contribution in [0, 0.1) is 11.8 Å². The molecule has 0 aromatic heterocycles. The van der Waals surface area contributed by atoms with E-state index in [2.05, 4.69) is 24.5 Å². The summed E-state index contributed by atoms with van der Waals surface area (Å²) in [6.07, 6.45) is 2.84. The average Bonchev–Trinajstić information content (AvgIpc) is 2.59. The van der Waals surface area contributed by atoms with E-state index in [1.807, 2.05) is 0 Å². The molecule has 0 aromatic rings. The van der Waals surface area contributed by atoms with Gasteiger partial charge in [-0.05, 0) is 24.7 Å². The molecule has 2 fully saturated rings. The molecule has 1 aliphatic heterocycles. The van der Waals surface area contributed by atoms with Crippen LogP contribution in [-0.4, -0.2) is 17.5 Å². The molecule has 2 rings (SSSR count). The second-order valence-corrected chi connectivity index (χ2v) is 4.62. The van der Waals surface area contributed by atoms with Gasteiger partial charge in [0, 0.05) is 0 Å². The molecule has 4 nitrogen and oxygen atoms in total. The van der Waals surface area contributed by atoms with Crippen molar-refractivity contribution in [3.05, 3.63) is 0 Å². The van der Waals surface area contributed by atoms with Crippen LogP contribution in [0.25, 0.3) is 0 Å². The van der Waals surface area contributed by atoms with Gasteiger partial charge in [-0.25, -0.2) is 4.79 Å². The molecule has 0 aromatic carbocycles. The van der Waals surface area contributed by atoms with E-state index < -0.39 is 5.54 Å². The van der Waals surface area contributed by atoms with E-state index in [0.29, 0.717) is 5.92 Å². The van der Waals surface area contributed by atoms with Gasteiger partial charge in [-0.3, -0.25) is 10.1 Å². The number of carbonyl (C=O) groups excluding carboxylic acids is 2. The average molecular weight is 196 g/mol. The lowest BCUT2D eigenvalue weighted by molar-refractivity contribution is -0.125. The molecular formula is C10H16N2O2. The molecule has 1 aliphatic carbocycles. The summed E-state index contributed by atoms with van der Waals surface area (Å²) in [5, 5.41) is 5.16. The van der Waals surface area contributed by atoms with Crippen LogP contribution in [0.5, 0.6) is 0 Å². The number of hydrogen-bond donors (Lipinski definition) is 2. The van der Waals surface area contributed by atoms with Gasteiger partial charge in [0.2, 0.25) is 0 Å². The molecule has 0 unspecified atom stereocenters. The van der Waals surface area contributed by atoms with Gasteiger partial charge >= 0.3 is 6.03 Å². The predicted octanol–water partition coefficient (Wildman–Crippen LogP) is 1.02. The van der Waals surface area contributed by atoms with E-state index in [0.717, 1.165) is 19.3 Å². The topological polar surface area (TPSA) is 58.2 Å². The maximum atomic E-state index is 11.7. The summed E-state index contributed by atoms with van der Waals surface area (Å²) < 4.78 is 0. The first-order chi connectivity index (χ1) is 6.56. The van der Waals surface area contributed by atoms with Crippen LogP contribution >= 0.6 is 0 Å². The van der Waals surface area contributed by atoms with Gasteiger partial charge in [0.05, 0.1) is 0 Å². The Labute approximate surface area is 83.4 Å². The lowest BCUT2D eigenvalue weighted by atomic mass is 9.80. The fourth-order valence-corrected chi connectivity index (χ4v) is 2.88. The lowest BCUT2D eigenvalue weighted by Crippen LogP contribution is -2.51. The molecule has 2 aliphatic rings. The van der Waals surface area contributed by atoms with Crippen molar-refractivity contribution in [1.29, 1.82) is 0 Å². The van der Waals surface area contributed by atoms with Gasteiger partial charge in [-0.15, -0.1) is 0 Å². The maximum absolute atomic E-state index is 11.7. The zero-order valence-corrected chi connectivity index (χ0v) is 8.59. The van der Waals surface area contributed by atoms with Crippen LogP contribution in [0.15, 0.2) is 0 Å². The third-order valence-electron chi connectivity index (χ3n) is 3.49. The Hall–Kier alpha value is -1.06. The van der Waals surface area contributed by atoms with Crippen LogP contribution in [-0.2, 0) is 4.79 Å². The fraction of sp³-hybridized carbons (Fsp3) is 0.800. The van der Waals surface area contributed by atoms with E-state index in [4.69, 9.17) is 0 Å². The maximum Gasteiger partial charge on any atom is 0.322 e. The van der Waals surface area contributed by atoms with E-state index >= 15 is 0 Å². The smallest absolute Gasteiger partial charge is 0.322 e. The largest absolute Gasteiger partial charge is 0.323 e. The number of imide groups is 1. The second-order valence-electron chi connectivity index (χ2n) is 4.62. The molecule has 78 valence electrons. The van der Waals surface area contributed by atoms with E-state index in [-0.39, 0.29) is 17.9 Å². The number of urea groups is 1. The molecule has 0 bridgehead atoms. The standard InChI is InChI=1S/C10H16N2O2/c1-6(2)7-4-3-5-10(7)8(13)11-9(14)12-10/h6-7H,3-5H2,1-2H3,(H2,11,12,13,14)/t7-,10-/m1/s1. The van der Waals surface area contributed by atoms with Crippen molar-refractivity contribution in [3.63, 3.8) is 0 Å². The monoisotopic (exact) mass is 196 g/mol. The molecule has 14 heavy (non-hydrogen) atoms. The van der Waals surface area contributed by atoms with Crippen molar-refractivity contribution in [1.82, 2.24) is 10.6 Å². The summed E-state index contributed by atoms with van der Waals surface area (Å²) in [6.45, 7) is 4.21. The van der Waals surface area contributed by atoms with Crippen LogP contribution in [0.4, 0.5) is 4.79 Å². The zero-order chi connectivity index (χ0) is 10.3. The van der Waals surface area contributed by atoms with E-state index in [9.17, 15) is 9.59 Å². The second kappa shape index (κ2) is 2.97. The minimum Gasteiger partial charge on any atom is -0.323 e. The Morgan fingerprint density at radius 1 is 1.43 bits per heavy atom. The minimum atomic E-state index is -0.592. The number of amides is 3. The third kappa shape index (κ3) is 1.13. The Balaban J connectivity index is 2.30. The number of nitrogens with one attached hydrogen (secondary N) is 2. The minimum absolute atomic E-state index is 0.126. The zero-order valence-electron chi connectivity index (χ0n) is 8.59. The van der Waals surface area contributed by atoms with Crippen molar-refractivity contribution in [2.24, 2.45) is 11.8 Å². The molecule has 2 N–H and O–H groups in total. The van der Waals surface area contributed by atoms with Gasteiger partial charge in [0.15, 0.2) is 0 Å². The predicted molar refractivity (Wildman–Crippen MR) is 51.6 cm³/mol. The molecule has 3 amide bonds. The van der Waals surface area contributed by atoms with Crippen LogP contribution in [0.3, 0.4) is 0 Å². The summed E-state index contributed by atoms with van der Waals surface area (Å²) in [7, 11) is 0. The Kier molecular flexibility index (Phi) is 2.01. The first-order valence-electron chi connectivity index (χ1n) is 5.20. The SMILES string of the molecule is CC(C)[C@H]1CCC[C@@]12NC(=O)NC2=O. The van der Waals surface area contributed by atoms with Crippen molar-refractivity contribution in [2.75, 3.05) is 0 Å². The quantitative estimate of drug-likeness (QED) is 0.615. The van der Waals surface area contributed by atoms with Gasteiger partial charge in [-0.2, -0.15) is 0 Å². The highest BCUT2D eigenvalue weighted by atomic mass is 16.2. The van der Waals surface area contributed by atoms with E-state index in [1.54, 1.807) is 0 Å². The van der Waals surface area contributed by atoms with E-state index in [1.165, 1.54) is 0 Å². The van der Waals surface area contributed by atoms with Crippen molar-refractivity contribution >= 4 is 11.9 Å². The van der Waals surface area contributed by atoms with Crippen LogP contribution in [0.1, 0.15) is 33.1 Å². The highest BCUT2D eigenvalue weighted by Gasteiger charge is 2.54. The first kappa shape index (κ1) is 9.49. The fourth-order valence-electron chi connectivity index (χ4n) is 2.88. The molecule has 1 saturated carbocycles. The van der Waals surface area contributed by atoms with Gasteiger partial charge in [0.25, 0.3) is 5.91 Å². The highest BCUT2D eigenvalue weighted by Crippen LogP contribution is 2.41.